The Morgan fingerprint density at radius 1 is 1.27 bits per heavy atom. The summed E-state index contributed by atoms with van der Waals surface area (Å²) in [6, 6.07) is 6.33. The van der Waals surface area contributed by atoms with E-state index >= 15 is 0 Å². The van der Waals surface area contributed by atoms with E-state index in [-0.39, 0.29) is 0 Å². The van der Waals surface area contributed by atoms with E-state index in [1.165, 1.54) is 16.7 Å². The lowest BCUT2D eigenvalue weighted by Crippen LogP contribution is -1.96. The maximum Gasteiger partial charge on any atom is 0.122 e. The van der Waals surface area contributed by atoms with Gasteiger partial charge in [-0.3, -0.25) is 5.10 Å². The molecule has 3 N–H and O–H groups in total. The van der Waals surface area contributed by atoms with Crippen molar-refractivity contribution in [1.29, 1.82) is 0 Å². The Labute approximate surface area is 89.3 Å². The quantitative estimate of drug-likeness (QED) is 0.782. The number of nitrogens with zero attached hydrogens (tertiary/aromatic N) is 1. The third kappa shape index (κ3) is 1.86. The smallest absolute Gasteiger partial charge is 0.122 e. The van der Waals surface area contributed by atoms with E-state index in [4.69, 9.17) is 5.73 Å². The molecule has 78 valence electrons. The van der Waals surface area contributed by atoms with Gasteiger partial charge in [-0.1, -0.05) is 18.2 Å². The van der Waals surface area contributed by atoms with Crippen molar-refractivity contribution < 1.29 is 0 Å². The van der Waals surface area contributed by atoms with Gasteiger partial charge in [-0.05, 0) is 30.5 Å². The molecular weight excluding hydrogens is 186 g/mol. The second-order valence-corrected chi connectivity index (χ2v) is 3.84. The van der Waals surface area contributed by atoms with E-state index < -0.39 is 0 Å². The summed E-state index contributed by atoms with van der Waals surface area (Å²) in [6.45, 7) is 4.26. The third-order valence-corrected chi connectivity index (χ3v) is 2.85. The average Bonchev–Trinajstić information content (AvgIpc) is 2.60. The Hall–Kier alpha value is -1.77. The summed E-state index contributed by atoms with van der Waals surface area (Å²) >= 11 is 0. The molecule has 0 unspecified atom stereocenters. The number of hydrogen-bond acceptors (Lipinski definition) is 2. The molecule has 1 aromatic carbocycles. The molecule has 0 aliphatic rings. The minimum Gasteiger partial charge on any atom is -0.384 e. The Balaban J connectivity index is 2.33. The van der Waals surface area contributed by atoms with E-state index in [9.17, 15) is 0 Å². The summed E-state index contributed by atoms with van der Waals surface area (Å²) in [4.78, 5) is 0. The first kappa shape index (κ1) is 9.77. The molecular formula is C12H15N3. The van der Waals surface area contributed by atoms with Crippen molar-refractivity contribution in [3.63, 3.8) is 0 Å². The van der Waals surface area contributed by atoms with E-state index in [2.05, 4.69) is 42.2 Å². The van der Waals surface area contributed by atoms with Crippen LogP contribution in [0.5, 0.6) is 0 Å². The summed E-state index contributed by atoms with van der Waals surface area (Å²) in [5.41, 5.74) is 10.8. The minimum absolute atomic E-state index is 0.663. The summed E-state index contributed by atoms with van der Waals surface area (Å²) in [7, 11) is 0. The van der Waals surface area contributed by atoms with Crippen LogP contribution in [-0.2, 0) is 6.42 Å². The number of nitrogens with one attached hydrogen (secondary N) is 1. The van der Waals surface area contributed by atoms with Crippen LogP contribution in [-0.4, -0.2) is 10.2 Å². The topological polar surface area (TPSA) is 54.7 Å². The number of anilines is 1. The SMILES string of the molecule is Cc1cccc(Cc2cn[nH]c2N)c1C. The second-order valence-electron chi connectivity index (χ2n) is 3.84. The fourth-order valence-electron chi connectivity index (χ4n) is 1.67. The summed E-state index contributed by atoms with van der Waals surface area (Å²) in [5, 5.41) is 6.67. The van der Waals surface area contributed by atoms with E-state index in [0.717, 1.165) is 12.0 Å². The maximum absolute atomic E-state index is 5.76. The summed E-state index contributed by atoms with van der Waals surface area (Å²) in [6.07, 6.45) is 2.63. The molecule has 0 aliphatic carbocycles. The summed E-state index contributed by atoms with van der Waals surface area (Å²) in [5.74, 6) is 0.663. The molecule has 0 bridgehead atoms. The van der Waals surface area contributed by atoms with Crippen molar-refractivity contribution in [2.45, 2.75) is 20.3 Å². The van der Waals surface area contributed by atoms with Gasteiger partial charge in [-0.2, -0.15) is 5.10 Å². The molecule has 0 saturated carbocycles. The molecule has 3 heteroatoms. The Kier molecular flexibility index (Phi) is 2.46. The molecule has 0 amide bonds. The number of aromatic amines is 1. The molecule has 0 saturated heterocycles. The van der Waals surface area contributed by atoms with Crippen molar-refractivity contribution in [3.8, 4) is 0 Å². The van der Waals surface area contributed by atoms with Gasteiger partial charge in [0.05, 0.1) is 6.20 Å². The molecule has 2 rings (SSSR count). The van der Waals surface area contributed by atoms with Crippen LogP contribution in [0.1, 0.15) is 22.3 Å². The van der Waals surface area contributed by atoms with Gasteiger partial charge in [0.15, 0.2) is 0 Å². The lowest BCUT2D eigenvalue weighted by molar-refractivity contribution is 1.10. The normalized spacial score (nSPS) is 10.5. The number of nitrogen functional groups attached to an aromatic ring is 1. The van der Waals surface area contributed by atoms with Crippen LogP contribution < -0.4 is 5.73 Å². The van der Waals surface area contributed by atoms with Crippen LogP contribution in [0.25, 0.3) is 0 Å². The van der Waals surface area contributed by atoms with Gasteiger partial charge in [-0.25, -0.2) is 0 Å². The molecule has 1 aromatic heterocycles. The molecule has 3 nitrogen and oxygen atoms in total. The van der Waals surface area contributed by atoms with Crippen molar-refractivity contribution in [2.75, 3.05) is 5.73 Å². The van der Waals surface area contributed by atoms with Crippen LogP contribution in [0.3, 0.4) is 0 Å². The van der Waals surface area contributed by atoms with E-state index in [1.807, 2.05) is 0 Å². The number of rotatable bonds is 2. The van der Waals surface area contributed by atoms with Crippen LogP contribution in [0.15, 0.2) is 24.4 Å². The molecule has 0 radical (unpaired) electrons. The highest BCUT2D eigenvalue weighted by Gasteiger charge is 2.05. The maximum atomic E-state index is 5.76. The molecule has 15 heavy (non-hydrogen) atoms. The van der Waals surface area contributed by atoms with Crippen molar-refractivity contribution in [3.05, 3.63) is 46.6 Å². The first-order valence-electron chi connectivity index (χ1n) is 5.01. The van der Waals surface area contributed by atoms with E-state index in [0.29, 0.717) is 5.82 Å². The van der Waals surface area contributed by atoms with Gasteiger partial charge < -0.3 is 5.73 Å². The molecule has 0 atom stereocenters. The zero-order valence-electron chi connectivity index (χ0n) is 9.04. The number of nitrogens with two attached hydrogens (primary N) is 1. The fraction of sp³-hybridized carbons (Fsp3) is 0.250. The lowest BCUT2D eigenvalue weighted by atomic mass is 9.98. The minimum atomic E-state index is 0.663. The fourth-order valence-corrected chi connectivity index (χ4v) is 1.67. The average molecular weight is 201 g/mol. The standard InChI is InChI=1S/C12H15N3/c1-8-4-3-5-10(9(8)2)6-11-7-14-15-12(11)13/h3-5,7H,6H2,1-2H3,(H3,13,14,15). The Bertz CT molecular complexity index is 471. The van der Waals surface area contributed by atoms with Gasteiger partial charge in [-0.15, -0.1) is 0 Å². The first-order chi connectivity index (χ1) is 7.18. The van der Waals surface area contributed by atoms with E-state index in [1.54, 1.807) is 6.20 Å². The number of hydrogen-bond donors (Lipinski definition) is 2. The van der Waals surface area contributed by atoms with Gasteiger partial charge in [0.2, 0.25) is 0 Å². The predicted molar refractivity (Wildman–Crippen MR) is 61.7 cm³/mol. The highest BCUT2D eigenvalue weighted by Crippen LogP contribution is 2.18. The van der Waals surface area contributed by atoms with Crippen molar-refractivity contribution in [1.82, 2.24) is 10.2 Å². The number of aryl methyl sites for hydroxylation is 1. The van der Waals surface area contributed by atoms with Gasteiger partial charge in [0, 0.05) is 12.0 Å². The van der Waals surface area contributed by atoms with Crippen molar-refractivity contribution in [2.24, 2.45) is 0 Å². The largest absolute Gasteiger partial charge is 0.384 e. The zero-order chi connectivity index (χ0) is 10.8. The highest BCUT2D eigenvalue weighted by atomic mass is 15.1. The molecule has 1 heterocycles. The number of benzene rings is 1. The second kappa shape index (κ2) is 3.77. The Morgan fingerprint density at radius 3 is 2.73 bits per heavy atom. The molecule has 0 fully saturated rings. The molecule has 0 spiro atoms. The lowest BCUT2D eigenvalue weighted by Gasteiger charge is -2.07. The van der Waals surface area contributed by atoms with Crippen LogP contribution in [0.2, 0.25) is 0 Å². The van der Waals surface area contributed by atoms with Gasteiger partial charge in [0.1, 0.15) is 5.82 Å². The van der Waals surface area contributed by atoms with Crippen LogP contribution in [0.4, 0.5) is 5.82 Å². The first-order valence-corrected chi connectivity index (χ1v) is 5.01. The number of H-pyrrole nitrogens is 1. The molecule has 0 aliphatic heterocycles. The Morgan fingerprint density at radius 2 is 2.07 bits per heavy atom. The highest BCUT2D eigenvalue weighted by molar-refractivity contribution is 5.43. The van der Waals surface area contributed by atoms with Gasteiger partial charge in [0.25, 0.3) is 0 Å². The third-order valence-electron chi connectivity index (χ3n) is 2.85. The number of aromatic nitrogens is 2. The van der Waals surface area contributed by atoms with Crippen LogP contribution >= 0.6 is 0 Å². The van der Waals surface area contributed by atoms with Crippen LogP contribution in [0, 0.1) is 13.8 Å². The monoisotopic (exact) mass is 201 g/mol. The molecule has 2 aromatic rings. The van der Waals surface area contributed by atoms with Gasteiger partial charge >= 0.3 is 0 Å². The zero-order valence-corrected chi connectivity index (χ0v) is 9.04. The predicted octanol–water partition coefficient (Wildman–Crippen LogP) is 2.20. The summed E-state index contributed by atoms with van der Waals surface area (Å²) < 4.78 is 0. The van der Waals surface area contributed by atoms with Crippen molar-refractivity contribution >= 4 is 5.82 Å².